The van der Waals surface area contributed by atoms with E-state index in [1.54, 1.807) is 0 Å². The molecule has 2 nitrogen and oxygen atoms in total. The minimum Gasteiger partial charge on any atom is -0.310 e. The van der Waals surface area contributed by atoms with E-state index in [2.05, 4.69) is 205 Å². The molecule has 9 aromatic carbocycles. The van der Waals surface area contributed by atoms with E-state index in [4.69, 9.17) is 0 Å². The lowest BCUT2D eigenvalue weighted by molar-refractivity contribution is 0.660. The number of anilines is 3. The zero-order chi connectivity index (χ0) is 35.3. The van der Waals surface area contributed by atoms with Crippen molar-refractivity contribution in [3.63, 3.8) is 0 Å². The second kappa shape index (κ2) is 11.2. The molecule has 0 radical (unpaired) electrons. The van der Waals surface area contributed by atoms with Gasteiger partial charge in [0.15, 0.2) is 0 Å². The number of para-hydroxylation sites is 3. The third kappa shape index (κ3) is 4.21. The van der Waals surface area contributed by atoms with Gasteiger partial charge in [-0.3, -0.25) is 0 Å². The highest BCUT2D eigenvalue weighted by molar-refractivity contribution is 6.38. The highest BCUT2D eigenvalue weighted by atomic mass is 15.1. The fourth-order valence-electron chi connectivity index (χ4n) is 9.38. The van der Waals surface area contributed by atoms with E-state index >= 15 is 0 Å². The molecule has 0 spiro atoms. The molecule has 0 amide bonds. The van der Waals surface area contributed by atoms with Crippen LogP contribution in [0.25, 0.3) is 70.9 Å². The molecule has 1 aliphatic rings. The van der Waals surface area contributed by atoms with E-state index in [-0.39, 0.29) is 5.41 Å². The standard InChI is InChI=1S/C51H36N2/c1-51(2)44-27-15-13-22-37(44)38-30-29-35(31-45(38)51)53-46-28-16-14-26-42(46)49-48-40-24-11-10-23-39(40)47(32-43(48)36-21-9-12-25-41(36)50(49)53)52(33-17-5-3-6-18-33)34-19-7-4-8-20-34/h3-32H,1-2H3. The van der Waals surface area contributed by atoms with Gasteiger partial charge in [0.05, 0.1) is 16.7 Å². The molecule has 11 rings (SSSR count). The van der Waals surface area contributed by atoms with Gasteiger partial charge in [0.1, 0.15) is 0 Å². The first-order chi connectivity index (χ1) is 26.1. The minimum atomic E-state index is -0.0918. The average Bonchev–Trinajstić information content (AvgIpc) is 3.68. The molecule has 10 aromatic rings. The predicted molar refractivity (Wildman–Crippen MR) is 226 cm³/mol. The Bertz CT molecular complexity index is 3040. The van der Waals surface area contributed by atoms with Crippen molar-refractivity contribution in [1.82, 2.24) is 4.57 Å². The quantitative estimate of drug-likeness (QED) is 0.168. The Balaban J connectivity index is 1.29. The largest absolute Gasteiger partial charge is 0.310 e. The highest BCUT2D eigenvalue weighted by Crippen LogP contribution is 2.51. The Morgan fingerprint density at radius 3 is 1.72 bits per heavy atom. The van der Waals surface area contributed by atoms with Crippen molar-refractivity contribution in [3.05, 3.63) is 193 Å². The topological polar surface area (TPSA) is 8.17 Å². The van der Waals surface area contributed by atoms with Crippen LogP contribution in [0.5, 0.6) is 0 Å². The monoisotopic (exact) mass is 676 g/mol. The zero-order valence-corrected chi connectivity index (χ0v) is 29.7. The van der Waals surface area contributed by atoms with Crippen molar-refractivity contribution in [3.8, 4) is 16.8 Å². The van der Waals surface area contributed by atoms with Crippen molar-refractivity contribution in [2.24, 2.45) is 0 Å². The molecule has 0 bridgehead atoms. The Hall–Kier alpha value is -6.64. The van der Waals surface area contributed by atoms with E-state index in [0.717, 1.165) is 11.4 Å². The first kappa shape index (κ1) is 30.0. The van der Waals surface area contributed by atoms with Crippen LogP contribution < -0.4 is 4.90 Å². The van der Waals surface area contributed by atoms with E-state index in [0.29, 0.717) is 0 Å². The van der Waals surface area contributed by atoms with Crippen LogP contribution in [0.3, 0.4) is 0 Å². The summed E-state index contributed by atoms with van der Waals surface area (Å²) in [5, 5.41) is 10.1. The van der Waals surface area contributed by atoms with Crippen LogP contribution in [-0.4, -0.2) is 4.57 Å². The second-order valence-electron chi connectivity index (χ2n) is 14.9. The maximum Gasteiger partial charge on any atom is 0.0626 e. The lowest BCUT2D eigenvalue weighted by Crippen LogP contribution is -2.15. The minimum absolute atomic E-state index is 0.0918. The Morgan fingerprint density at radius 1 is 0.415 bits per heavy atom. The summed E-state index contributed by atoms with van der Waals surface area (Å²) in [6.07, 6.45) is 0. The van der Waals surface area contributed by atoms with Crippen LogP contribution in [0, 0.1) is 0 Å². The molecule has 0 saturated heterocycles. The number of aromatic nitrogens is 1. The fraction of sp³-hybridized carbons (Fsp3) is 0.0588. The van der Waals surface area contributed by atoms with E-state index < -0.39 is 0 Å². The van der Waals surface area contributed by atoms with Crippen LogP contribution in [0.1, 0.15) is 25.0 Å². The SMILES string of the molecule is CC1(C)c2ccccc2-c2ccc(-n3c4ccccc4c4c5c6ccccc6c(N(c6ccccc6)c6ccccc6)cc5c5ccccc5c43)cc21. The third-order valence-corrected chi connectivity index (χ3v) is 11.7. The molecule has 2 heteroatoms. The summed E-state index contributed by atoms with van der Waals surface area (Å²) in [6, 6.07) is 67.0. The maximum atomic E-state index is 2.54. The molecule has 1 aromatic heterocycles. The molecule has 250 valence electrons. The van der Waals surface area contributed by atoms with E-state index in [1.165, 1.54) is 87.8 Å². The second-order valence-corrected chi connectivity index (χ2v) is 14.9. The van der Waals surface area contributed by atoms with Crippen LogP contribution in [0.2, 0.25) is 0 Å². The zero-order valence-electron chi connectivity index (χ0n) is 29.7. The van der Waals surface area contributed by atoms with E-state index in [1.807, 2.05) is 0 Å². The van der Waals surface area contributed by atoms with Gasteiger partial charge < -0.3 is 9.47 Å². The van der Waals surface area contributed by atoms with Gasteiger partial charge in [-0.1, -0.05) is 147 Å². The molecular formula is C51H36N2. The number of hydrogen-bond donors (Lipinski definition) is 0. The average molecular weight is 677 g/mol. The van der Waals surface area contributed by atoms with Crippen molar-refractivity contribution >= 4 is 71.2 Å². The molecule has 1 aliphatic carbocycles. The molecule has 53 heavy (non-hydrogen) atoms. The van der Waals surface area contributed by atoms with Crippen molar-refractivity contribution < 1.29 is 0 Å². The Kier molecular flexibility index (Phi) is 6.33. The molecule has 0 fully saturated rings. The first-order valence-corrected chi connectivity index (χ1v) is 18.5. The molecule has 0 saturated carbocycles. The summed E-state index contributed by atoms with van der Waals surface area (Å²) in [5.74, 6) is 0. The van der Waals surface area contributed by atoms with Gasteiger partial charge in [-0.15, -0.1) is 0 Å². The lowest BCUT2D eigenvalue weighted by atomic mass is 9.82. The molecule has 0 atom stereocenters. The van der Waals surface area contributed by atoms with Crippen molar-refractivity contribution in [2.45, 2.75) is 19.3 Å². The molecule has 1 heterocycles. The van der Waals surface area contributed by atoms with Gasteiger partial charge in [-0.2, -0.15) is 0 Å². The van der Waals surface area contributed by atoms with Crippen molar-refractivity contribution in [1.29, 1.82) is 0 Å². The summed E-state index contributed by atoms with van der Waals surface area (Å²) in [4.78, 5) is 2.41. The van der Waals surface area contributed by atoms with Gasteiger partial charge in [-0.25, -0.2) is 0 Å². The number of benzene rings is 9. The predicted octanol–water partition coefficient (Wildman–Crippen LogP) is 14.0. The molecule has 0 unspecified atom stereocenters. The van der Waals surface area contributed by atoms with Gasteiger partial charge >= 0.3 is 0 Å². The third-order valence-electron chi connectivity index (χ3n) is 11.7. The molecular weight excluding hydrogens is 641 g/mol. The van der Waals surface area contributed by atoms with Crippen LogP contribution in [0.4, 0.5) is 17.1 Å². The van der Waals surface area contributed by atoms with Gasteiger partial charge in [0.2, 0.25) is 0 Å². The number of nitrogens with zero attached hydrogens (tertiary/aromatic N) is 2. The van der Waals surface area contributed by atoms with Crippen LogP contribution >= 0.6 is 0 Å². The number of fused-ring (bicyclic) bond motifs is 13. The number of rotatable bonds is 4. The smallest absolute Gasteiger partial charge is 0.0626 e. The molecule has 0 aliphatic heterocycles. The summed E-state index contributed by atoms with van der Waals surface area (Å²) < 4.78 is 2.54. The first-order valence-electron chi connectivity index (χ1n) is 18.5. The summed E-state index contributed by atoms with van der Waals surface area (Å²) in [6.45, 7) is 4.74. The Morgan fingerprint density at radius 2 is 0.981 bits per heavy atom. The summed E-state index contributed by atoms with van der Waals surface area (Å²) >= 11 is 0. The van der Waals surface area contributed by atoms with Crippen LogP contribution in [-0.2, 0) is 5.41 Å². The normalized spacial score (nSPS) is 13.2. The van der Waals surface area contributed by atoms with Gasteiger partial charge in [0, 0.05) is 49.4 Å². The molecule has 0 N–H and O–H groups in total. The number of hydrogen-bond acceptors (Lipinski definition) is 1. The van der Waals surface area contributed by atoms with E-state index in [9.17, 15) is 0 Å². The van der Waals surface area contributed by atoms with Crippen molar-refractivity contribution in [2.75, 3.05) is 4.90 Å². The Labute approximate surface area is 308 Å². The van der Waals surface area contributed by atoms with Crippen LogP contribution in [0.15, 0.2) is 182 Å². The van der Waals surface area contributed by atoms with Gasteiger partial charge in [-0.05, 0) is 86.9 Å². The fourth-order valence-corrected chi connectivity index (χ4v) is 9.38. The maximum absolute atomic E-state index is 2.54. The lowest BCUT2D eigenvalue weighted by Gasteiger charge is -2.28. The summed E-state index contributed by atoms with van der Waals surface area (Å²) in [5.41, 5.74) is 12.5. The van der Waals surface area contributed by atoms with Gasteiger partial charge in [0.25, 0.3) is 0 Å². The summed E-state index contributed by atoms with van der Waals surface area (Å²) in [7, 11) is 0. The highest BCUT2D eigenvalue weighted by Gasteiger charge is 2.35.